The molecule has 0 radical (unpaired) electrons. The molecule has 112 valence electrons. The number of anilines is 1. The predicted molar refractivity (Wildman–Crippen MR) is 82.3 cm³/mol. The van der Waals surface area contributed by atoms with Gasteiger partial charge >= 0.3 is 5.69 Å². The van der Waals surface area contributed by atoms with E-state index in [0.717, 1.165) is 18.4 Å². The monoisotopic (exact) mass is 288 g/mol. The van der Waals surface area contributed by atoms with Crippen LogP contribution in [0, 0.1) is 17.0 Å². The van der Waals surface area contributed by atoms with Gasteiger partial charge in [-0.3, -0.25) is 10.1 Å². The van der Waals surface area contributed by atoms with E-state index in [2.05, 4.69) is 24.2 Å². The number of benzene rings is 1. The van der Waals surface area contributed by atoms with E-state index >= 15 is 0 Å². The molecule has 0 saturated heterocycles. The molecule has 2 N–H and O–H groups in total. The summed E-state index contributed by atoms with van der Waals surface area (Å²) in [6.07, 6.45) is 2.15. The van der Waals surface area contributed by atoms with Crippen LogP contribution in [0.4, 0.5) is 11.5 Å². The van der Waals surface area contributed by atoms with E-state index in [9.17, 15) is 10.1 Å². The van der Waals surface area contributed by atoms with Crippen LogP contribution in [0.2, 0.25) is 0 Å². The lowest BCUT2D eigenvalue weighted by Gasteiger charge is -2.14. The smallest absolute Gasteiger partial charge is 0.333 e. The lowest BCUT2D eigenvalue weighted by Crippen LogP contribution is -2.12. The molecule has 0 aliphatic heterocycles. The molecule has 1 heterocycles. The molecule has 0 spiro atoms. The van der Waals surface area contributed by atoms with Gasteiger partial charge in [0.15, 0.2) is 0 Å². The fourth-order valence-corrected chi connectivity index (χ4v) is 2.47. The number of aromatic nitrogens is 2. The third kappa shape index (κ3) is 2.89. The first kappa shape index (κ1) is 15.0. The van der Waals surface area contributed by atoms with Crippen molar-refractivity contribution in [2.24, 2.45) is 0 Å². The zero-order valence-electron chi connectivity index (χ0n) is 12.5. The Bertz CT molecular complexity index is 646. The predicted octanol–water partition coefficient (Wildman–Crippen LogP) is 3.24. The molecule has 0 saturated carbocycles. The van der Waals surface area contributed by atoms with Crippen molar-refractivity contribution in [1.82, 2.24) is 9.78 Å². The minimum Gasteiger partial charge on any atom is -0.378 e. The molecule has 0 bridgehead atoms. The maximum atomic E-state index is 11.0. The van der Waals surface area contributed by atoms with Gasteiger partial charge in [-0.2, -0.15) is 5.10 Å². The van der Waals surface area contributed by atoms with Crippen molar-refractivity contribution >= 4 is 11.5 Å². The molecule has 1 atom stereocenters. The SMILES string of the molecule is CCCc1ccc(C(C)n2nc(C)c([N+](=O)[O-])c2N)cc1. The van der Waals surface area contributed by atoms with E-state index in [-0.39, 0.29) is 17.5 Å². The van der Waals surface area contributed by atoms with Crippen molar-refractivity contribution in [3.05, 3.63) is 51.2 Å². The van der Waals surface area contributed by atoms with Gasteiger partial charge in [0, 0.05) is 0 Å². The number of hydrogen-bond donors (Lipinski definition) is 1. The van der Waals surface area contributed by atoms with Crippen LogP contribution in [0.15, 0.2) is 24.3 Å². The molecule has 21 heavy (non-hydrogen) atoms. The minimum absolute atomic E-state index is 0.0997. The third-order valence-corrected chi connectivity index (χ3v) is 3.64. The minimum atomic E-state index is -0.481. The molecule has 2 rings (SSSR count). The lowest BCUT2D eigenvalue weighted by atomic mass is 10.0. The fourth-order valence-electron chi connectivity index (χ4n) is 2.47. The molecule has 6 nitrogen and oxygen atoms in total. The first-order valence-corrected chi connectivity index (χ1v) is 7.03. The van der Waals surface area contributed by atoms with E-state index in [1.54, 1.807) is 6.92 Å². The highest BCUT2D eigenvalue weighted by Gasteiger charge is 2.25. The van der Waals surface area contributed by atoms with Gasteiger partial charge in [-0.05, 0) is 31.4 Å². The van der Waals surface area contributed by atoms with Crippen LogP contribution in [0.3, 0.4) is 0 Å². The largest absolute Gasteiger partial charge is 0.378 e. The topological polar surface area (TPSA) is 87.0 Å². The van der Waals surface area contributed by atoms with Crippen molar-refractivity contribution in [2.45, 2.75) is 39.7 Å². The van der Waals surface area contributed by atoms with Gasteiger partial charge in [0.2, 0.25) is 5.82 Å². The number of rotatable bonds is 5. The Kier molecular flexibility index (Phi) is 4.26. The molecule has 1 aromatic carbocycles. The van der Waals surface area contributed by atoms with Gasteiger partial charge in [0.25, 0.3) is 0 Å². The standard InChI is InChI=1S/C15H20N4O2/c1-4-5-12-6-8-13(9-7-12)11(3)18-15(16)14(19(20)21)10(2)17-18/h6-9,11H,4-5,16H2,1-3H3. The van der Waals surface area contributed by atoms with Gasteiger partial charge in [-0.1, -0.05) is 37.6 Å². The molecule has 0 aliphatic carbocycles. The van der Waals surface area contributed by atoms with Gasteiger partial charge in [0.05, 0.1) is 11.0 Å². The number of nitro groups is 1. The van der Waals surface area contributed by atoms with E-state index in [4.69, 9.17) is 5.73 Å². The molecule has 1 aromatic heterocycles. The summed E-state index contributed by atoms with van der Waals surface area (Å²) in [6.45, 7) is 5.67. The van der Waals surface area contributed by atoms with E-state index in [1.807, 2.05) is 19.1 Å². The van der Waals surface area contributed by atoms with Gasteiger partial charge in [-0.25, -0.2) is 4.68 Å². The van der Waals surface area contributed by atoms with Gasteiger partial charge in [0.1, 0.15) is 5.69 Å². The Morgan fingerprint density at radius 2 is 2.00 bits per heavy atom. The summed E-state index contributed by atoms with van der Waals surface area (Å²) in [6, 6.07) is 8.07. The van der Waals surface area contributed by atoms with Crippen molar-refractivity contribution in [3.63, 3.8) is 0 Å². The molecule has 0 aliphatic rings. The zero-order chi connectivity index (χ0) is 15.6. The number of nitrogen functional groups attached to an aromatic ring is 1. The summed E-state index contributed by atoms with van der Waals surface area (Å²) in [5, 5.41) is 15.2. The van der Waals surface area contributed by atoms with Crippen molar-refractivity contribution in [2.75, 3.05) is 5.73 Å². The van der Waals surface area contributed by atoms with E-state index in [0.29, 0.717) is 5.69 Å². The maximum absolute atomic E-state index is 11.0. The van der Waals surface area contributed by atoms with Crippen LogP contribution >= 0.6 is 0 Å². The quantitative estimate of drug-likeness (QED) is 0.675. The van der Waals surface area contributed by atoms with Crippen molar-refractivity contribution in [3.8, 4) is 0 Å². The van der Waals surface area contributed by atoms with E-state index < -0.39 is 4.92 Å². The van der Waals surface area contributed by atoms with Crippen LogP contribution in [0.25, 0.3) is 0 Å². The molecular weight excluding hydrogens is 268 g/mol. The number of nitrogens with two attached hydrogens (primary N) is 1. The summed E-state index contributed by atoms with van der Waals surface area (Å²) >= 11 is 0. The normalized spacial score (nSPS) is 12.3. The van der Waals surface area contributed by atoms with E-state index in [1.165, 1.54) is 10.2 Å². The number of aryl methyl sites for hydroxylation is 2. The molecule has 6 heteroatoms. The van der Waals surface area contributed by atoms with Crippen LogP contribution in [0.5, 0.6) is 0 Å². The Labute approximate surface area is 123 Å². The second kappa shape index (κ2) is 5.95. The highest BCUT2D eigenvalue weighted by molar-refractivity contribution is 5.56. The fraction of sp³-hybridized carbons (Fsp3) is 0.400. The van der Waals surface area contributed by atoms with Crippen LogP contribution in [-0.4, -0.2) is 14.7 Å². The first-order valence-electron chi connectivity index (χ1n) is 7.03. The van der Waals surface area contributed by atoms with Gasteiger partial charge in [-0.15, -0.1) is 0 Å². The highest BCUT2D eigenvalue weighted by atomic mass is 16.6. The second-order valence-corrected chi connectivity index (χ2v) is 5.19. The number of nitrogens with zero attached hydrogens (tertiary/aromatic N) is 3. The summed E-state index contributed by atoms with van der Waals surface area (Å²) < 4.78 is 1.52. The average molecular weight is 288 g/mol. The molecular formula is C15H20N4O2. The summed E-state index contributed by atoms with van der Waals surface area (Å²) in [4.78, 5) is 10.5. The second-order valence-electron chi connectivity index (χ2n) is 5.19. The van der Waals surface area contributed by atoms with Crippen LogP contribution < -0.4 is 5.73 Å². The summed E-state index contributed by atoms with van der Waals surface area (Å²) in [5.41, 5.74) is 8.42. The molecule has 2 aromatic rings. The lowest BCUT2D eigenvalue weighted by molar-refractivity contribution is -0.384. The Morgan fingerprint density at radius 1 is 1.38 bits per heavy atom. The summed E-state index contributed by atoms with van der Waals surface area (Å²) in [7, 11) is 0. The molecule has 1 unspecified atom stereocenters. The highest BCUT2D eigenvalue weighted by Crippen LogP contribution is 2.30. The molecule has 0 fully saturated rings. The maximum Gasteiger partial charge on any atom is 0.333 e. The van der Waals surface area contributed by atoms with Crippen molar-refractivity contribution < 1.29 is 4.92 Å². The average Bonchev–Trinajstić information content (AvgIpc) is 2.74. The molecule has 0 amide bonds. The van der Waals surface area contributed by atoms with Crippen LogP contribution in [-0.2, 0) is 6.42 Å². The Balaban J connectivity index is 2.33. The summed E-state index contributed by atoms with van der Waals surface area (Å²) in [5.74, 6) is 0.0997. The van der Waals surface area contributed by atoms with Gasteiger partial charge < -0.3 is 5.73 Å². The number of hydrogen-bond acceptors (Lipinski definition) is 4. The zero-order valence-corrected chi connectivity index (χ0v) is 12.5. The third-order valence-electron chi connectivity index (χ3n) is 3.64. The Morgan fingerprint density at radius 3 is 2.48 bits per heavy atom. The van der Waals surface area contributed by atoms with Crippen LogP contribution in [0.1, 0.15) is 43.1 Å². The Hall–Kier alpha value is -2.37. The van der Waals surface area contributed by atoms with Crippen molar-refractivity contribution in [1.29, 1.82) is 0 Å². The first-order chi connectivity index (χ1) is 9.95.